The van der Waals surface area contributed by atoms with Crippen LogP contribution in [0.2, 0.25) is 0 Å². The number of hydrogen-bond acceptors (Lipinski definition) is 5. The molecule has 2 aromatic heterocycles. The van der Waals surface area contributed by atoms with Gasteiger partial charge in [-0.1, -0.05) is 13.0 Å². The molecule has 0 spiro atoms. The van der Waals surface area contributed by atoms with Crippen molar-refractivity contribution >= 4 is 16.9 Å². The van der Waals surface area contributed by atoms with Gasteiger partial charge < -0.3 is 14.5 Å². The smallest absolute Gasteiger partial charge is 0.336 e. The zero-order chi connectivity index (χ0) is 19.4. The number of nitrogens with one attached hydrogen (secondary N) is 1. The average Bonchev–Trinajstić information content (AvgIpc) is 2.68. The lowest BCUT2D eigenvalue weighted by molar-refractivity contribution is -0.127. The number of rotatable bonds is 6. The molecule has 2 heterocycles. The molecule has 6 nitrogen and oxygen atoms in total. The van der Waals surface area contributed by atoms with Crippen molar-refractivity contribution in [3.63, 3.8) is 0 Å². The first-order valence-electron chi connectivity index (χ1n) is 8.90. The highest BCUT2D eigenvalue weighted by atomic mass is 16.5. The van der Waals surface area contributed by atoms with E-state index in [4.69, 9.17) is 9.15 Å². The molecule has 0 radical (unpaired) electrons. The van der Waals surface area contributed by atoms with Crippen LogP contribution in [0.15, 0.2) is 51.8 Å². The molecule has 1 amide bonds. The predicted octanol–water partition coefficient (Wildman–Crippen LogP) is 3.14. The van der Waals surface area contributed by atoms with Crippen LogP contribution in [0.5, 0.6) is 5.75 Å². The number of ether oxygens (including phenoxy) is 1. The van der Waals surface area contributed by atoms with Crippen molar-refractivity contribution in [3.05, 3.63) is 69.8 Å². The van der Waals surface area contributed by atoms with E-state index in [9.17, 15) is 9.59 Å². The van der Waals surface area contributed by atoms with Gasteiger partial charge in [0.25, 0.3) is 5.91 Å². The Bertz CT molecular complexity index is 1010. The average molecular weight is 366 g/mol. The number of amides is 1. The molecule has 0 fully saturated rings. The summed E-state index contributed by atoms with van der Waals surface area (Å²) in [6.45, 7) is 5.81. The Labute approximate surface area is 157 Å². The second-order valence-corrected chi connectivity index (χ2v) is 6.31. The van der Waals surface area contributed by atoms with Gasteiger partial charge in [-0.3, -0.25) is 9.78 Å². The standard InChI is InChI=1S/C21H22N2O4/c1-4-15-11-19(24)27-20-13(2)18(9-8-17(15)20)26-14(3)21(25)23-12-16-7-5-6-10-22-16/h5-11,14H,4,12H2,1-3H3,(H,23,25). The van der Waals surface area contributed by atoms with Gasteiger partial charge in [0.15, 0.2) is 6.10 Å². The summed E-state index contributed by atoms with van der Waals surface area (Å²) in [5.41, 5.74) is 2.51. The molecule has 0 saturated heterocycles. The van der Waals surface area contributed by atoms with E-state index in [2.05, 4.69) is 10.3 Å². The topological polar surface area (TPSA) is 81.4 Å². The van der Waals surface area contributed by atoms with Gasteiger partial charge in [0.2, 0.25) is 0 Å². The number of carbonyl (C=O) groups is 1. The number of aryl methyl sites for hydroxylation is 2. The maximum Gasteiger partial charge on any atom is 0.336 e. The molecular formula is C21H22N2O4. The number of fused-ring (bicyclic) bond motifs is 1. The molecule has 3 rings (SSSR count). The van der Waals surface area contributed by atoms with Crippen LogP contribution in [0.25, 0.3) is 11.0 Å². The van der Waals surface area contributed by atoms with Gasteiger partial charge in [-0.25, -0.2) is 4.79 Å². The van der Waals surface area contributed by atoms with E-state index in [0.29, 0.717) is 23.4 Å². The number of pyridine rings is 1. The zero-order valence-corrected chi connectivity index (χ0v) is 15.6. The van der Waals surface area contributed by atoms with Crippen LogP contribution in [-0.2, 0) is 17.8 Å². The van der Waals surface area contributed by atoms with E-state index in [1.165, 1.54) is 6.07 Å². The van der Waals surface area contributed by atoms with Gasteiger partial charge >= 0.3 is 5.63 Å². The van der Waals surface area contributed by atoms with Crippen molar-refractivity contribution in [3.8, 4) is 5.75 Å². The van der Waals surface area contributed by atoms with Gasteiger partial charge in [0.1, 0.15) is 11.3 Å². The number of carbonyl (C=O) groups excluding carboxylic acids is 1. The third kappa shape index (κ3) is 4.16. The molecule has 6 heteroatoms. The molecule has 0 aliphatic carbocycles. The minimum atomic E-state index is -0.703. The van der Waals surface area contributed by atoms with Crippen LogP contribution in [0.4, 0.5) is 0 Å². The predicted molar refractivity (Wildman–Crippen MR) is 103 cm³/mol. The van der Waals surface area contributed by atoms with E-state index in [1.807, 2.05) is 38.1 Å². The Morgan fingerprint density at radius 2 is 2.11 bits per heavy atom. The summed E-state index contributed by atoms with van der Waals surface area (Å²) in [6, 6.07) is 10.7. The van der Waals surface area contributed by atoms with Crippen molar-refractivity contribution in [1.82, 2.24) is 10.3 Å². The van der Waals surface area contributed by atoms with Crippen LogP contribution in [0.1, 0.15) is 30.7 Å². The summed E-state index contributed by atoms with van der Waals surface area (Å²) < 4.78 is 11.2. The normalized spacial score (nSPS) is 12.0. The maximum absolute atomic E-state index is 12.3. The Hall–Kier alpha value is -3.15. The third-order valence-corrected chi connectivity index (χ3v) is 4.42. The van der Waals surface area contributed by atoms with Crippen molar-refractivity contribution < 1.29 is 13.9 Å². The Morgan fingerprint density at radius 3 is 2.81 bits per heavy atom. The molecule has 0 aliphatic rings. The first-order chi connectivity index (χ1) is 13.0. The lowest BCUT2D eigenvalue weighted by atomic mass is 10.0. The van der Waals surface area contributed by atoms with E-state index in [-0.39, 0.29) is 11.5 Å². The number of benzene rings is 1. The first kappa shape index (κ1) is 18.6. The Morgan fingerprint density at radius 1 is 1.30 bits per heavy atom. The van der Waals surface area contributed by atoms with Crippen LogP contribution in [0, 0.1) is 6.92 Å². The molecule has 0 saturated carbocycles. The summed E-state index contributed by atoms with van der Waals surface area (Å²) in [5.74, 6) is 0.267. The number of hydrogen-bond donors (Lipinski definition) is 1. The van der Waals surface area contributed by atoms with Crippen LogP contribution < -0.4 is 15.7 Å². The quantitative estimate of drug-likeness (QED) is 0.678. The number of aromatic nitrogens is 1. The van der Waals surface area contributed by atoms with E-state index >= 15 is 0 Å². The fourth-order valence-electron chi connectivity index (χ4n) is 2.90. The van der Waals surface area contributed by atoms with Gasteiger partial charge in [-0.05, 0) is 50.1 Å². The minimum absolute atomic E-state index is 0.246. The molecule has 1 atom stereocenters. The minimum Gasteiger partial charge on any atom is -0.480 e. The van der Waals surface area contributed by atoms with E-state index in [0.717, 1.165) is 23.1 Å². The first-order valence-corrected chi connectivity index (χ1v) is 8.90. The molecule has 0 bridgehead atoms. The third-order valence-electron chi connectivity index (χ3n) is 4.42. The molecule has 27 heavy (non-hydrogen) atoms. The molecule has 1 aromatic carbocycles. The molecule has 1 unspecified atom stereocenters. The molecular weight excluding hydrogens is 344 g/mol. The van der Waals surface area contributed by atoms with Crippen molar-refractivity contribution in [2.75, 3.05) is 0 Å². The summed E-state index contributed by atoms with van der Waals surface area (Å²) in [4.78, 5) is 28.3. The monoisotopic (exact) mass is 366 g/mol. The Balaban J connectivity index is 1.76. The summed E-state index contributed by atoms with van der Waals surface area (Å²) >= 11 is 0. The molecule has 140 valence electrons. The summed E-state index contributed by atoms with van der Waals surface area (Å²) in [5, 5.41) is 3.69. The molecule has 3 aromatic rings. The molecule has 1 N–H and O–H groups in total. The van der Waals surface area contributed by atoms with Crippen molar-refractivity contribution in [2.24, 2.45) is 0 Å². The fraction of sp³-hybridized carbons (Fsp3) is 0.286. The lowest BCUT2D eigenvalue weighted by Crippen LogP contribution is -2.36. The van der Waals surface area contributed by atoms with Gasteiger partial charge in [0.05, 0.1) is 12.2 Å². The number of nitrogens with zero attached hydrogens (tertiary/aromatic N) is 1. The van der Waals surface area contributed by atoms with Crippen LogP contribution in [-0.4, -0.2) is 17.0 Å². The van der Waals surface area contributed by atoms with Crippen molar-refractivity contribution in [1.29, 1.82) is 0 Å². The largest absolute Gasteiger partial charge is 0.480 e. The van der Waals surface area contributed by atoms with E-state index < -0.39 is 6.10 Å². The highest BCUT2D eigenvalue weighted by Gasteiger charge is 2.18. The van der Waals surface area contributed by atoms with Gasteiger partial charge in [-0.2, -0.15) is 0 Å². The van der Waals surface area contributed by atoms with Crippen LogP contribution in [0.3, 0.4) is 0 Å². The molecule has 0 aliphatic heterocycles. The maximum atomic E-state index is 12.3. The van der Waals surface area contributed by atoms with Crippen LogP contribution >= 0.6 is 0 Å². The van der Waals surface area contributed by atoms with E-state index in [1.54, 1.807) is 19.2 Å². The SMILES string of the molecule is CCc1cc(=O)oc2c(C)c(OC(C)C(=O)NCc3ccccn3)ccc12. The summed E-state index contributed by atoms with van der Waals surface area (Å²) in [6.07, 6.45) is 1.71. The lowest BCUT2D eigenvalue weighted by Gasteiger charge is -2.17. The van der Waals surface area contributed by atoms with Gasteiger partial charge in [-0.15, -0.1) is 0 Å². The second-order valence-electron chi connectivity index (χ2n) is 6.31. The Kier molecular flexibility index (Phi) is 5.54. The summed E-state index contributed by atoms with van der Waals surface area (Å²) in [7, 11) is 0. The van der Waals surface area contributed by atoms with Crippen molar-refractivity contribution in [2.45, 2.75) is 39.8 Å². The van der Waals surface area contributed by atoms with Gasteiger partial charge in [0, 0.05) is 23.2 Å². The highest BCUT2D eigenvalue weighted by molar-refractivity contribution is 5.85. The zero-order valence-electron chi connectivity index (χ0n) is 15.6. The fourth-order valence-corrected chi connectivity index (χ4v) is 2.90. The second kappa shape index (κ2) is 8.03. The highest BCUT2D eigenvalue weighted by Crippen LogP contribution is 2.29.